The van der Waals surface area contributed by atoms with Crippen LogP contribution in [0.2, 0.25) is 0 Å². The van der Waals surface area contributed by atoms with E-state index in [1.165, 1.54) is 12.8 Å². The van der Waals surface area contributed by atoms with Gasteiger partial charge in [-0.15, -0.1) is 5.10 Å². The summed E-state index contributed by atoms with van der Waals surface area (Å²) < 4.78 is 1.66. The van der Waals surface area contributed by atoms with Crippen LogP contribution in [0.25, 0.3) is 0 Å². The normalized spacial score (nSPS) is 24.5. The zero-order chi connectivity index (χ0) is 12.8. The number of carbonyl (C=O) groups excluding carboxylic acids is 1. The first-order valence-electron chi connectivity index (χ1n) is 6.65. The van der Waals surface area contributed by atoms with E-state index in [9.17, 15) is 4.79 Å². The van der Waals surface area contributed by atoms with E-state index in [0.29, 0.717) is 13.0 Å². The van der Waals surface area contributed by atoms with Crippen molar-refractivity contribution in [2.24, 2.45) is 5.73 Å². The van der Waals surface area contributed by atoms with E-state index in [1.807, 2.05) is 0 Å². The van der Waals surface area contributed by atoms with Crippen LogP contribution in [-0.2, 0) is 11.3 Å². The highest BCUT2D eigenvalue weighted by molar-refractivity contribution is 5.76. The van der Waals surface area contributed by atoms with Crippen molar-refractivity contribution in [1.82, 2.24) is 20.3 Å². The first-order valence-corrected chi connectivity index (χ1v) is 6.65. The van der Waals surface area contributed by atoms with Crippen molar-refractivity contribution in [2.75, 3.05) is 0 Å². The summed E-state index contributed by atoms with van der Waals surface area (Å²) in [4.78, 5) is 11.8. The molecule has 1 aliphatic rings. The molecule has 6 heteroatoms. The maximum absolute atomic E-state index is 11.8. The molecule has 1 aromatic heterocycles. The standard InChI is InChI=1S/C12H21N5O/c13-10-4-2-1-3-5-11(10)15-12(18)6-8-17-9-7-14-16-17/h7,9-11H,1-6,8,13H2,(H,15,18). The summed E-state index contributed by atoms with van der Waals surface area (Å²) in [5, 5.41) is 10.6. The topological polar surface area (TPSA) is 85.8 Å². The highest BCUT2D eigenvalue weighted by Gasteiger charge is 2.21. The molecule has 1 saturated carbocycles. The molecular weight excluding hydrogens is 230 g/mol. The number of hydrogen-bond acceptors (Lipinski definition) is 4. The van der Waals surface area contributed by atoms with Crippen molar-refractivity contribution in [3.63, 3.8) is 0 Å². The lowest BCUT2D eigenvalue weighted by molar-refractivity contribution is -0.122. The van der Waals surface area contributed by atoms with Crippen LogP contribution in [0, 0.1) is 0 Å². The summed E-state index contributed by atoms with van der Waals surface area (Å²) in [6.07, 6.45) is 9.34. The van der Waals surface area contributed by atoms with Gasteiger partial charge < -0.3 is 11.1 Å². The fourth-order valence-corrected chi connectivity index (χ4v) is 2.36. The van der Waals surface area contributed by atoms with Crippen molar-refractivity contribution < 1.29 is 4.79 Å². The number of aromatic nitrogens is 3. The predicted molar refractivity (Wildman–Crippen MR) is 67.6 cm³/mol. The molecule has 1 fully saturated rings. The van der Waals surface area contributed by atoms with E-state index in [4.69, 9.17) is 5.73 Å². The van der Waals surface area contributed by atoms with Crippen LogP contribution in [0.5, 0.6) is 0 Å². The van der Waals surface area contributed by atoms with Crippen LogP contribution in [0.1, 0.15) is 38.5 Å². The summed E-state index contributed by atoms with van der Waals surface area (Å²) in [5.41, 5.74) is 6.08. The third-order valence-corrected chi connectivity index (χ3v) is 3.46. The second-order valence-electron chi connectivity index (χ2n) is 4.89. The maximum atomic E-state index is 11.8. The first-order chi connectivity index (χ1) is 8.75. The number of nitrogens with one attached hydrogen (secondary N) is 1. The number of hydrogen-bond donors (Lipinski definition) is 2. The van der Waals surface area contributed by atoms with Crippen LogP contribution in [0.4, 0.5) is 0 Å². The average molecular weight is 251 g/mol. The van der Waals surface area contributed by atoms with Gasteiger partial charge in [-0.05, 0) is 12.8 Å². The molecule has 2 rings (SSSR count). The molecule has 1 aromatic rings. The fourth-order valence-electron chi connectivity index (χ4n) is 2.36. The third-order valence-electron chi connectivity index (χ3n) is 3.46. The van der Waals surface area contributed by atoms with E-state index in [-0.39, 0.29) is 18.0 Å². The zero-order valence-electron chi connectivity index (χ0n) is 10.6. The highest BCUT2D eigenvalue weighted by atomic mass is 16.1. The molecule has 2 unspecified atom stereocenters. The number of carbonyl (C=O) groups is 1. The van der Waals surface area contributed by atoms with Gasteiger partial charge in [-0.1, -0.05) is 24.5 Å². The number of rotatable bonds is 4. The molecule has 3 N–H and O–H groups in total. The molecule has 1 heterocycles. The van der Waals surface area contributed by atoms with Gasteiger partial charge in [-0.2, -0.15) is 0 Å². The molecule has 18 heavy (non-hydrogen) atoms. The molecule has 0 bridgehead atoms. The van der Waals surface area contributed by atoms with Crippen LogP contribution < -0.4 is 11.1 Å². The lowest BCUT2D eigenvalue weighted by atomic mass is 10.0. The molecule has 0 aromatic carbocycles. The van der Waals surface area contributed by atoms with Crippen LogP contribution in [0.15, 0.2) is 12.4 Å². The lowest BCUT2D eigenvalue weighted by Gasteiger charge is -2.22. The largest absolute Gasteiger partial charge is 0.352 e. The first kappa shape index (κ1) is 13.0. The number of nitrogens with two attached hydrogens (primary N) is 1. The number of nitrogens with zero attached hydrogens (tertiary/aromatic N) is 3. The van der Waals surface area contributed by atoms with Crippen LogP contribution >= 0.6 is 0 Å². The Kier molecular flexibility index (Phi) is 4.69. The van der Waals surface area contributed by atoms with Gasteiger partial charge in [-0.25, -0.2) is 0 Å². The number of amides is 1. The fraction of sp³-hybridized carbons (Fsp3) is 0.750. The Morgan fingerprint density at radius 3 is 3.00 bits per heavy atom. The van der Waals surface area contributed by atoms with Gasteiger partial charge in [0.25, 0.3) is 0 Å². The summed E-state index contributed by atoms with van der Waals surface area (Å²) >= 11 is 0. The minimum Gasteiger partial charge on any atom is -0.352 e. The van der Waals surface area contributed by atoms with Crippen LogP contribution in [0.3, 0.4) is 0 Å². The maximum Gasteiger partial charge on any atom is 0.222 e. The Balaban J connectivity index is 1.75. The highest BCUT2D eigenvalue weighted by Crippen LogP contribution is 2.16. The Labute approximate surface area is 107 Å². The molecule has 6 nitrogen and oxygen atoms in total. The Bertz CT molecular complexity index is 365. The van der Waals surface area contributed by atoms with Crippen molar-refractivity contribution in [2.45, 2.75) is 57.2 Å². The molecule has 100 valence electrons. The monoisotopic (exact) mass is 251 g/mol. The summed E-state index contributed by atoms with van der Waals surface area (Å²) in [5.74, 6) is 0.0489. The van der Waals surface area contributed by atoms with Gasteiger partial charge in [0, 0.05) is 24.7 Å². The molecule has 0 saturated heterocycles. The smallest absolute Gasteiger partial charge is 0.222 e. The predicted octanol–water partition coefficient (Wildman–Crippen LogP) is 0.444. The Morgan fingerprint density at radius 2 is 2.22 bits per heavy atom. The third kappa shape index (κ3) is 3.80. The van der Waals surface area contributed by atoms with Crippen molar-refractivity contribution in [3.05, 3.63) is 12.4 Å². The summed E-state index contributed by atoms with van der Waals surface area (Å²) in [6.45, 7) is 0.563. The molecular formula is C12H21N5O. The zero-order valence-corrected chi connectivity index (χ0v) is 10.6. The molecule has 0 aliphatic heterocycles. The molecule has 2 atom stereocenters. The second-order valence-corrected chi connectivity index (χ2v) is 4.89. The Hall–Kier alpha value is -1.43. The van der Waals surface area contributed by atoms with Crippen molar-refractivity contribution in [1.29, 1.82) is 0 Å². The number of aryl methyl sites for hydroxylation is 1. The summed E-state index contributed by atoms with van der Waals surface area (Å²) in [6, 6.07) is 0.235. The molecule has 0 spiro atoms. The van der Waals surface area contributed by atoms with Crippen molar-refractivity contribution >= 4 is 5.91 Å². The van der Waals surface area contributed by atoms with E-state index in [1.54, 1.807) is 17.1 Å². The Morgan fingerprint density at radius 1 is 1.39 bits per heavy atom. The minimum absolute atomic E-state index is 0.0489. The molecule has 1 amide bonds. The second kappa shape index (κ2) is 6.49. The minimum atomic E-state index is 0.0489. The van der Waals surface area contributed by atoms with E-state index < -0.39 is 0 Å². The van der Waals surface area contributed by atoms with Gasteiger partial charge >= 0.3 is 0 Å². The van der Waals surface area contributed by atoms with E-state index in [2.05, 4.69) is 15.6 Å². The van der Waals surface area contributed by atoms with Gasteiger partial charge in [0.05, 0.1) is 12.7 Å². The summed E-state index contributed by atoms with van der Waals surface area (Å²) in [7, 11) is 0. The van der Waals surface area contributed by atoms with Gasteiger partial charge in [0.2, 0.25) is 5.91 Å². The van der Waals surface area contributed by atoms with Gasteiger partial charge in [0.15, 0.2) is 0 Å². The van der Waals surface area contributed by atoms with Crippen LogP contribution in [-0.4, -0.2) is 33.0 Å². The van der Waals surface area contributed by atoms with Crippen molar-refractivity contribution in [3.8, 4) is 0 Å². The van der Waals surface area contributed by atoms with E-state index in [0.717, 1.165) is 19.3 Å². The van der Waals surface area contributed by atoms with E-state index >= 15 is 0 Å². The molecule has 1 aliphatic carbocycles. The van der Waals surface area contributed by atoms with Gasteiger partial charge in [-0.3, -0.25) is 9.48 Å². The average Bonchev–Trinajstić information content (AvgIpc) is 2.80. The SMILES string of the molecule is NC1CCCCCC1NC(=O)CCn1ccnn1. The quantitative estimate of drug-likeness (QED) is 0.760. The van der Waals surface area contributed by atoms with Gasteiger partial charge in [0.1, 0.15) is 0 Å². The lowest BCUT2D eigenvalue weighted by Crippen LogP contribution is -2.47. The molecule has 0 radical (unpaired) electrons.